The highest BCUT2D eigenvalue weighted by molar-refractivity contribution is 4.71. The van der Waals surface area contributed by atoms with E-state index < -0.39 is 0 Å². The maximum absolute atomic E-state index is 9.41. The number of nitrogens with one attached hydrogen (secondary N) is 1. The molecule has 3 heteroatoms. The molecule has 4 N–H and O–H groups in total. The van der Waals surface area contributed by atoms with Crippen LogP contribution in [0.3, 0.4) is 0 Å². The fourth-order valence-corrected chi connectivity index (χ4v) is 2.45. The molecule has 0 bridgehead atoms. The fourth-order valence-electron chi connectivity index (χ4n) is 2.45. The quantitative estimate of drug-likeness (QED) is 0.345. The molecule has 1 unspecified atom stereocenters. The third kappa shape index (κ3) is 1.41. The van der Waals surface area contributed by atoms with Gasteiger partial charge in [-0.3, -0.25) is 0 Å². The zero-order chi connectivity index (χ0) is 7.84. The first kappa shape index (κ1) is 7.53. The zero-order valence-electron chi connectivity index (χ0n) is 7.09. The lowest BCUT2D eigenvalue weighted by molar-refractivity contribution is -0.969. The highest BCUT2D eigenvalue weighted by atomic mass is 16.3. The van der Waals surface area contributed by atoms with Gasteiger partial charge in [0.2, 0.25) is 0 Å². The molecule has 0 amide bonds. The number of nitrogens with two attached hydrogens (primary N) is 1. The number of hydrogen-bond donors (Lipinski definition) is 3. The molecule has 0 aromatic carbocycles. The van der Waals surface area contributed by atoms with Crippen LogP contribution >= 0.6 is 0 Å². The van der Waals surface area contributed by atoms with Crippen molar-refractivity contribution in [3.05, 3.63) is 0 Å². The molecule has 0 aromatic rings. The Morgan fingerprint density at radius 3 is 3.09 bits per heavy atom. The molecular formula is C8H18N2O+2. The average molecular weight is 158 g/mol. The van der Waals surface area contributed by atoms with Crippen molar-refractivity contribution >= 4 is 0 Å². The van der Waals surface area contributed by atoms with E-state index in [2.05, 4.69) is 12.2 Å². The van der Waals surface area contributed by atoms with Crippen LogP contribution in [-0.2, 0) is 0 Å². The monoisotopic (exact) mass is 158 g/mol. The second-order valence-electron chi connectivity index (χ2n) is 4.10. The zero-order valence-corrected chi connectivity index (χ0v) is 7.09. The topological polar surface area (TPSA) is 41.3 Å². The van der Waals surface area contributed by atoms with Crippen LogP contribution in [0, 0.1) is 0 Å². The van der Waals surface area contributed by atoms with E-state index in [-0.39, 0.29) is 6.10 Å². The van der Waals surface area contributed by atoms with Crippen LogP contribution in [-0.4, -0.2) is 42.9 Å². The van der Waals surface area contributed by atoms with Crippen molar-refractivity contribution in [3.63, 3.8) is 0 Å². The van der Waals surface area contributed by atoms with Crippen molar-refractivity contribution in [3.8, 4) is 0 Å². The fraction of sp³-hybridized carbons (Fsp3) is 1.00. The average Bonchev–Trinajstić information content (AvgIpc) is 2.27. The molecule has 0 spiro atoms. The van der Waals surface area contributed by atoms with Crippen LogP contribution in [0.1, 0.15) is 13.3 Å². The lowest BCUT2D eigenvalue weighted by Gasteiger charge is -2.28. The molecule has 2 rings (SSSR count). The summed E-state index contributed by atoms with van der Waals surface area (Å²) in [4.78, 5) is 1.63. The van der Waals surface area contributed by atoms with Gasteiger partial charge in [-0.1, -0.05) is 0 Å². The molecule has 11 heavy (non-hydrogen) atoms. The Bertz CT molecular complexity index is 151. The summed E-state index contributed by atoms with van der Waals surface area (Å²) in [6.45, 7) is 5.71. The van der Waals surface area contributed by atoms with Gasteiger partial charge in [0.05, 0.1) is 0 Å². The predicted octanol–water partition coefficient (Wildman–Crippen LogP) is -3.03. The van der Waals surface area contributed by atoms with Gasteiger partial charge in [-0.05, 0) is 6.92 Å². The molecule has 0 aromatic heterocycles. The molecule has 0 radical (unpaired) electrons. The first-order valence-electron chi connectivity index (χ1n) is 4.61. The number of fused-ring (bicyclic) bond motifs is 1. The number of aliphatic hydroxyl groups is 1. The maximum atomic E-state index is 9.41. The van der Waals surface area contributed by atoms with Crippen LogP contribution < -0.4 is 10.2 Å². The summed E-state index contributed by atoms with van der Waals surface area (Å²) in [5, 5.41) is 11.8. The molecule has 2 heterocycles. The van der Waals surface area contributed by atoms with E-state index in [1.165, 1.54) is 13.1 Å². The van der Waals surface area contributed by atoms with Crippen molar-refractivity contribution in [2.24, 2.45) is 0 Å². The van der Waals surface area contributed by atoms with E-state index in [1.54, 1.807) is 4.90 Å². The highest BCUT2D eigenvalue weighted by Gasteiger charge is 2.40. The molecule has 3 nitrogen and oxygen atoms in total. The van der Waals surface area contributed by atoms with E-state index in [9.17, 15) is 5.11 Å². The first-order chi connectivity index (χ1) is 5.25. The summed E-state index contributed by atoms with van der Waals surface area (Å²) in [6.07, 6.45) is 1.01. The maximum Gasteiger partial charge on any atom is 0.140 e. The molecule has 4 atom stereocenters. The molecule has 2 aliphatic rings. The highest BCUT2D eigenvalue weighted by Crippen LogP contribution is 2.00. The second-order valence-corrected chi connectivity index (χ2v) is 4.10. The van der Waals surface area contributed by atoms with Crippen LogP contribution in [0.4, 0.5) is 0 Å². The Kier molecular flexibility index (Phi) is 1.87. The van der Waals surface area contributed by atoms with Gasteiger partial charge in [-0.2, -0.15) is 0 Å². The summed E-state index contributed by atoms with van der Waals surface area (Å²) in [6, 6.07) is 1.49. The molecule has 64 valence electrons. The Hall–Kier alpha value is -0.120. The third-order valence-electron chi connectivity index (χ3n) is 3.04. The van der Waals surface area contributed by atoms with Gasteiger partial charge in [0, 0.05) is 6.42 Å². The summed E-state index contributed by atoms with van der Waals surface area (Å²) in [7, 11) is 0. The number of quaternary nitrogens is 2. The minimum absolute atomic E-state index is 0.0197. The van der Waals surface area contributed by atoms with E-state index in [4.69, 9.17) is 0 Å². The molecule has 2 fully saturated rings. The summed E-state index contributed by atoms with van der Waals surface area (Å²) in [5.41, 5.74) is 0. The normalized spacial score (nSPS) is 50.7. The lowest BCUT2D eigenvalue weighted by Crippen LogP contribution is -3.24. The molecule has 2 saturated heterocycles. The van der Waals surface area contributed by atoms with E-state index in [1.807, 2.05) is 0 Å². The van der Waals surface area contributed by atoms with Gasteiger partial charge in [0.25, 0.3) is 0 Å². The Morgan fingerprint density at radius 1 is 1.45 bits per heavy atom. The number of rotatable bonds is 0. The Morgan fingerprint density at radius 2 is 2.27 bits per heavy atom. The van der Waals surface area contributed by atoms with Gasteiger partial charge < -0.3 is 15.3 Å². The molecular weight excluding hydrogens is 140 g/mol. The van der Waals surface area contributed by atoms with Crippen molar-refractivity contribution in [1.82, 2.24) is 0 Å². The van der Waals surface area contributed by atoms with Gasteiger partial charge in [-0.15, -0.1) is 0 Å². The lowest BCUT2D eigenvalue weighted by atomic mass is 10.1. The SMILES string of the molecule is C[C@H]1C[NH+]2C[C@H](O)C[C@H]2C[NH2+]1. The molecule has 2 aliphatic heterocycles. The molecule has 0 saturated carbocycles. The minimum atomic E-state index is -0.0197. The summed E-state index contributed by atoms with van der Waals surface area (Å²) >= 11 is 0. The third-order valence-corrected chi connectivity index (χ3v) is 3.04. The predicted molar refractivity (Wildman–Crippen MR) is 41.4 cm³/mol. The number of aliphatic hydroxyl groups excluding tert-OH is 1. The van der Waals surface area contributed by atoms with Crippen molar-refractivity contribution in [2.45, 2.75) is 31.5 Å². The minimum Gasteiger partial charge on any atom is -0.387 e. The standard InChI is InChI=1S/C8H16N2O/c1-6-4-10-5-8(11)2-7(10)3-9-6/h6-9,11H,2-5H2,1H3/p+2/t6-,7-,8+/m0/s1. The van der Waals surface area contributed by atoms with E-state index in [0.717, 1.165) is 25.0 Å². The summed E-state index contributed by atoms with van der Waals surface area (Å²) < 4.78 is 0. The van der Waals surface area contributed by atoms with Gasteiger partial charge in [0.1, 0.15) is 37.8 Å². The first-order valence-corrected chi connectivity index (χ1v) is 4.61. The van der Waals surface area contributed by atoms with Gasteiger partial charge in [0.15, 0.2) is 0 Å². The number of piperazine rings is 1. The second kappa shape index (κ2) is 2.73. The smallest absolute Gasteiger partial charge is 0.140 e. The Labute approximate surface area is 67.4 Å². The van der Waals surface area contributed by atoms with E-state index >= 15 is 0 Å². The van der Waals surface area contributed by atoms with Crippen molar-refractivity contribution < 1.29 is 15.3 Å². The number of hydrogen-bond acceptors (Lipinski definition) is 1. The summed E-state index contributed by atoms with van der Waals surface area (Å²) in [5.74, 6) is 0. The van der Waals surface area contributed by atoms with Gasteiger partial charge >= 0.3 is 0 Å². The van der Waals surface area contributed by atoms with Crippen LogP contribution in [0.15, 0.2) is 0 Å². The molecule has 0 aliphatic carbocycles. The van der Waals surface area contributed by atoms with Crippen LogP contribution in [0.5, 0.6) is 0 Å². The van der Waals surface area contributed by atoms with E-state index in [0.29, 0.717) is 0 Å². The van der Waals surface area contributed by atoms with Gasteiger partial charge in [-0.25, -0.2) is 0 Å². The van der Waals surface area contributed by atoms with Crippen LogP contribution in [0.25, 0.3) is 0 Å². The van der Waals surface area contributed by atoms with Crippen LogP contribution in [0.2, 0.25) is 0 Å². The van der Waals surface area contributed by atoms with Crippen molar-refractivity contribution in [1.29, 1.82) is 0 Å². The van der Waals surface area contributed by atoms with Crippen molar-refractivity contribution in [2.75, 3.05) is 19.6 Å². The Balaban J connectivity index is 1.97. The largest absolute Gasteiger partial charge is 0.387 e.